The Balaban J connectivity index is 3.20. The molecule has 0 heterocycles. The first kappa shape index (κ1) is 13.9. The summed E-state index contributed by atoms with van der Waals surface area (Å²) < 4.78 is 5.38. The second-order valence-corrected chi connectivity index (χ2v) is 3.50. The van der Waals surface area contributed by atoms with Crippen molar-refractivity contribution in [3.63, 3.8) is 0 Å². The lowest BCUT2D eigenvalue weighted by atomic mass is 10.2. The zero-order chi connectivity index (χ0) is 10.8. The monoisotopic (exact) mass is 202 g/mol. The Morgan fingerprint density at radius 2 is 2.00 bits per heavy atom. The minimum atomic E-state index is 0.0171. The number of aliphatic hydroxyl groups is 1. The van der Waals surface area contributed by atoms with Crippen LogP contribution in [-0.2, 0) is 4.74 Å². The van der Waals surface area contributed by atoms with Gasteiger partial charge >= 0.3 is 0 Å². The van der Waals surface area contributed by atoms with Crippen molar-refractivity contribution < 1.29 is 9.84 Å². The molecule has 1 atom stereocenters. The van der Waals surface area contributed by atoms with E-state index < -0.39 is 0 Å². The Kier molecular flexibility index (Phi) is 9.35. The second-order valence-electron chi connectivity index (χ2n) is 3.50. The standard InChI is InChI=1S/C11H24NO2/c1-4-12(5-2)7-6-8-14-10-11(3)9-13/h11,13H,3-10H2,1-2H3. The second kappa shape index (κ2) is 9.44. The third-order valence-electron chi connectivity index (χ3n) is 2.27. The van der Waals surface area contributed by atoms with Gasteiger partial charge < -0.3 is 14.7 Å². The molecule has 3 nitrogen and oxygen atoms in total. The third-order valence-corrected chi connectivity index (χ3v) is 2.27. The molecule has 1 radical (unpaired) electrons. The van der Waals surface area contributed by atoms with Gasteiger partial charge in [-0.15, -0.1) is 0 Å². The van der Waals surface area contributed by atoms with E-state index in [-0.39, 0.29) is 12.5 Å². The lowest BCUT2D eigenvalue weighted by molar-refractivity contribution is 0.0821. The van der Waals surface area contributed by atoms with Gasteiger partial charge in [-0.1, -0.05) is 13.8 Å². The van der Waals surface area contributed by atoms with E-state index in [4.69, 9.17) is 9.84 Å². The summed E-state index contributed by atoms with van der Waals surface area (Å²) in [5, 5.41) is 8.70. The fraction of sp³-hybridized carbons (Fsp3) is 0.909. The molecule has 0 amide bonds. The maximum absolute atomic E-state index is 8.70. The average molecular weight is 202 g/mol. The number of rotatable bonds is 9. The molecule has 0 aliphatic rings. The van der Waals surface area contributed by atoms with Gasteiger partial charge in [0, 0.05) is 25.7 Å². The van der Waals surface area contributed by atoms with Crippen molar-refractivity contribution in [3.05, 3.63) is 6.92 Å². The highest BCUT2D eigenvalue weighted by Crippen LogP contribution is 1.95. The Morgan fingerprint density at radius 3 is 2.50 bits per heavy atom. The van der Waals surface area contributed by atoms with Gasteiger partial charge in [0.15, 0.2) is 0 Å². The molecule has 0 saturated heterocycles. The summed E-state index contributed by atoms with van der Waals surface area (Å²) in [6, 6.07) is 0. The van der Waals surface area contributed by atoms with Crippen LogP contribution in [0.15, 0.2) is 0 Å². The van der Waals surface area contributed by atoms with Crippen molar-refractivity contribution in [3.8, 4) is 0 Å². The van der Waals surface area contributed by atoms with Gasteiger partial charge in [-0.2, -0.15) is 0 Å². The highest BCUT2D eigenvalue weighted by Gasteiger charge is 2.01. The van der Waals surface area contributed by atoms with E-state index in [1.165, 1.54) is 0 Å². The summed E-state index contributed by atoms with van der Waals surface area (Å²) in [5.74, 6) is 0.0171. The van der Waals surface area contributed by atoms with E-state index in [1.54, 1.807) is 0 Å². The Bertz CT molecular complexity index is 116. The van der Waals surface area contributed by atoms with Crippen molar-refractivity contribution >= 4 is 0 Å². The predicted octanol–water partition coefficient (Wildman–Crippen LogP) is 1.18. The van der Waals surface area contributed by atoms with Crippen LogP contribution in [0.1, 0.15) is 20.3 Å². The van der Waals surface area contributed by atoms with Gasteiger partial charge in [-0.05, 0) is 26.4 Å². The molecule has 0 rings (SSSR count). The fourth-order valence-electron chi connectivity index (χ4n) is 1.23. The first-order valence-corrected chi connectivity index (χ1v) is 5.48. The van der Waals surface area contributed by atoms with Crippen molar-refractivity contribution in [2.75, 3.05) is 39.5 Å². The van der Waals surface area contributed by atoms with E-state index in [2.05, 4.69) is 25.7 Å². The van der Waals surface area contributed by atoms with Crippen LogP contribution in [0.25, 0.3) is 0 Å². The average Bonchev–Trinajstić information content (AvgIpc) is 2.23. The zero-order valence-electron chi connectivity index (χ0n) is 9.54. The molecular weight excluding hydrogens is 178 g/mol. The van der Waals surface area contributed by atoms with Crippen molar-refractivity contribution in [1.82, 2.24) is 4.90 Å². The summed E-state index contributed by atoms with van der Waals surface area (Å²) in [6.07, 6.45) is 1.06. The largest absolute Gasteiger partial charge is 0.396 e. The van der Waals surface area contributed by atoms with Crippen LogP contribution in [0.3, 0.4) is 0 Å². The molecule has 85 valence electrons. The van der Waals surface area contributed by atoms with Crippen LogP contribution in [-0.4, -0.2) is 49.5 Å². The van der Waals surface area contributed by atoms with Crippen LogP contribution in [0.5, 0.6) is 0 Å². The van der Waals surface area contributed by atoms with Gasteiger partial charge in [-0.3, -0.25) is 0 Å². The first-order valence-electron chi connectivity index (χ1n) is 5.48. The van der Waals surface area contributed by atoms with Crippen molar-refractivity contribution in [1.29, 1.82) is 0 Å². The first-order chi connectivity index (χ1) is 6.74. The lowest BCUT2D eigenvalue weighted by Gasteiger charge is -2.17. The van der Waals surface area contributed by atoms with Gasteiger partial charge in [0.25, 0.3) is 0 Å². The number of hydrogen-bond acceptors (Lipinski definition) is 3. The summed E-state index contributed by atoms with van der Waals surface area (Å²) in [7, 11) is 0. The number of ether oxygens (including phenoxy) is 1. The quantitative estimate of drug-likeness (QED) is 0.570. The van der Waals surface area contributed by atoms with Crippen LogP contribution >= 0.6 is 0 Å². The molecule has 0 aliphatic heterocycles. The minimum Gasteiger partial charge on any atom is -0.396 e. The predicted molar refractivity (Wildman–Crippen MR) is 59.2 cm³/mol. The van der Waals surface area contributed by atoms with E-state index in [1.807, 2.05) is 0 Å². The van der Waals surface area contributed by atoms with Gasteiger partial charge in [0.05, 0.1) is 6.61 Å². The van der Waals surface area contributed by atoms with Gasteiger partial charge in [0.2, 0.25) is 0 Å². The topological polar surface area (TPSA) is 32.7 Å². The highest BCUT2D eigenvalue weighted by molar-refractivity contribution is 4.57. The zero-order valence-corrected chi connectivity index (χ0v) is 9.54. The Morgan fingerprint density at radius 1 is 1.36 bits per heavy atom. The molecule has 0 aromatic rings. The molecule has 1 N–H and O–H groups in total. The van der Waals surface area contributed by atoms with E-state index in [0.29, 0.717) is 6.61 Å². The number of nitrogens with zero attached hydrogens (tertiary/aromatic N) is 1. The SMILES string of the molecule is [CH2]C(CO)COCCCN(CC)CC. The molecule has 0 spiro atoms. The minimum absolute atomic E-state index is 0.0171. The molecule has 1 unspecified atom stereocenters. The number of aliphatic hydroxyl groups excluding tert-OH is 1. The molecule has 3 heteroatoms. The van der Waals surface area contributed by atoms with Crippen molar-refractivity contribution in [2.24, 2.45) is 5.92 Å². The van der Waals surface area contributed by atoms with Gasteiger partial charge in [-0.25, -0.2) is 0 Å². The molecule has 0 fully saturated rings. The Labute approximate surface area is 88.1 Å². The van der Waals surface area contributed by atoms with Crippen LogP contribution < -0.4 is 0 Å². The normalized spacial score (nSPS) is 13.5. The van der Waals surface area contributed by atoms with Crippen LogP contribution in [0.4, 0.5) is 0 Å². The maximum Gasteiger partial charge on any atom is 0.0516 e. The van der Waals surface area contributed by atoms with E-state index in [9.17, 15) is 0 Å². The van der Waals surface area contributed by atoms with E-state index in [0.717, 1.165) is 32.7 Å². The molecule has 0 aromatic heterocycles. The van der Waals surface area contributed by atoms with E-state index >= 15 is 0 Å². The lowest BCUT2D eigenvalue weighted by Crippen LogP contribution is -2.25. The maximum atomic E-state index is 8.70. The molecule has 0 saturated carbocycles. The van der Waals surface area contributed by atoms with Gasteiger partial charge in [0.1, 0.15) is 0 Å². The highest BCUT2D eigenvalue weighted by atomic mass is 16.5. The number of hydrogen-bond donors (Lipinski definition) is 1. The summed E-state index contributed by atoms with van der Waals surface area (Å²) in [4.78, 5) is 2.37. The Hall–Kier alpha value is -0.120. The van der Waals surface area contributed by atoms with Crippen molar-refractivity contribution in [2.45, 2.75) is 20.3 Å². The summed E-state index contributed by atoms with van der Waals surface area (Å²) in [5.41, 5.74) is 0. The summed E-state index contributed by atoms with van der Waals surface area (Å²) in [6.45, 7) is 12.8. The molecular formula is C11H24NO2. The molecule has 0 bridgehead atoms. The third kappa shape index (κ3) is 7.30. The molecule has 14 heavy (non-hydrogen) atoms. The van der Waals surface area contributed by atoms with Crippen LogP contribution in [0, 0.1) is 12.8 Å². The molecule has 0 aliphatic carbocycles. The molecule has 0 aromatic carbocycles. The fourth-order valence-corrected chi connectivity index (χ4v) is 1.23. The van der Waals surface area contributed by atoms with Crippen LogP contribution in [0.2, 0.25) is 0 Å². The summed E-state index contributed by atoms with van der Waals surface area (Å²) >= 11 is 0. The smallest absolute Gasteiger partial charge is 0.0516 e.